The van der Waals surface area contributed by atoms with E-state index in [0.717, 1.165) is 30.4 Å². The summed E-state index contributed by atoms with van der Waals surface area (Å²) in [6.07, 6.45) is 3.90. The Morgan fingerprint density at radius 2 is 1.74 bits per heavy atom. The monoisotopic (exact) mass is 328 g/mol. The van der Waals surface area contributed by atoms with E-state index in [2.05, 4.69) is 48.6 Å². The summed E-state index contributed by atoms with van der Waals surface area (Å²) >= 11 is 3.37. The smallest absolute Gasteiger partial charge is 0.270 e. The van der Waals surface area contributed by atoms with Crippen molar-refractivity contribution in [2.45, 2.75) is 40.5 Å². The first-order chi connectivity index (χ1) is 8.90. The zero-order valence-electron chi connectivity index (χ0n) is 12.4. The maximum absolute atomic E-state index is 12.5. The van der Waals surface area contributed by atoms with Crippen molar-refractivity contribution in [3.8, 4) is 0 Å². The molecule has 108 valence electrons. The molecule has 0 radical (unpaired) electrons. The molecule has 0 bridgehead atoms. The van der Waals surface area contributed by atoms with Crippen molar-refractivity contribution < 1.29 is 4.79 Å². The molecule has 0 unspecified atom stereocenters. The highest BCUT2D eigenvalue weighted by Crippen LogP contribution is 2.14. The largest absolute Gasteiger partial charge is 0.356 e. The zero-order valence-corrected chi connectivity index (χ0v) is 14.0. The fourth-order valence-electron chi connectivity index (χ4n) is 1.80. The molecule has 1 heterocycles. The molecule has 19 heavy (non-hydrogen) atoms. The second kappa shape index (κ2) is 7.73. The number of nitrogens with zero attached hydrogens (tertiary/aromatic N) is 1. The Morgan fingerprint density at radius 1 is 1.21 bits per heavy atom. The predicted molar refractivity (Wildman–Crippen MR) is 83.3 cm³/mol. The van der Waals surface area contributed by atoms with Crippen LogP contribution in [0, 0.1) is 11.8 Å². The zero-order chi connectivity index (χ0) is 14.4. The highest BCUT2D eigenvalue weighted by atomic mass is 79.9. The number of nitrogens with one attached hydrogen (secondary N) is 1. The van der Waals surface area contributed by atoms with Gasteiger partial charge >= 0.3 is 0 Å². The number of hydrogen-bond acceptors (Lipinski definition) is 1. The van der Waals surface area contributed by atoms with Crippen molar-refractivity contribution in [3.05, 3.63) is 22.4 Å². The Morgan fingerprint density at radius 3 is 2.11 bits per heavy atom. The molecule has 0 aromatic carbocycles. The van der Waals surface area contributed by atoms with Gasteiger partial charge in [-0.1, -0.05) is 27.7 Å². The van der Waals surface area contributed by atoms with E-state index in [1.165, 1.54) is 0 Å². The van der Waals surface area contributed by atoms with E-state index < -0.39 is 0 Å². The van der Waals surface area contributed by atoms with Gasteiger partial charge in [-0.15, -0.1) is 0 Å². The Hall–Kier alpha value is -0.770. The Labute approximate surface area is 124 Å². The average Bonchev–Trinajstić information content (AvgIpc) is 2.74. The molecule has 1 aromatic heterocycles. The van der Waals surface area contributed by atoms with Gasteiger partial charge < -0.3 is 9.88 Å². The lowest BCUT2D eigenvalue weighted by Crippen LogP contribution is -2.34. The number of carbonyl (C=O) groups excluding carboxylic acids is 1. The SMILES string of the molecule is CC(C)CCN(CCC(C)C)C(=O)c1cc(Br)c[nH]1. The molecule has 4 heteroatoms. The standard InChI is InChI=1S/C15H25BrN2O/c1-11(2)5-7-18(8-6-12(3)4)15(19)14-9-13(16)10-17-14/h9-12,17H,5-8H2,1-4H3. The minimum absolute atomic E-state index is 0.104. The van der Waals surface area contributed by atoms with Crippen molar-refractivity contribution in [1.29, 1.82) is 0 Å². The second-order valence-electron chi connectivity index (χ2n) is 5.89. The molecule has 0 aliphatic rings. The first-order valence-electron chi connectivity index (χ1n) is 7.03. The van der Waals surface area contributed by atoms with Crippen LogP contribution in [0.15, 0.2) is 16.7 Å². The highest BCUT2D eigenvalue weighted by molar-refractivity contribution is 9.10. The summed E-state index contributed by atoms with van der Waals surface area (Å²) in [6, 6.07) is 1.85. The van der Waals surface area contributed by atoms with Crippen molar-refractivity contribution in [2.75, 3.05) is 13.1 Å². The minimum Gasteiger partial charge on any atom is -0.356 e. The number of H-pyrrole nitrogens is 1. The van der Waals surface area contributed by atoms with E-state index in [9.17, 15) is 4.79 Å². The molecule has 1 N–H and O–H groups in total. The summed E-state index contributed by atoms with van der Waals surface area (Å²) in [5.41, 5.74) is 0.666. The number of aromatic amines is 1. The van der Waals surface area contributed by atoms with E-state index in [0.29, 0.717) is 17.5 Å². The molecule has 1 rings (SSSR count). The summed E-state index contributed by atoms with van der Waals surface area (Å²) in [7, 11) is 0. The molecule has 0 fully saturated rings. The third-order valence-corrected chi connectivity index (χ3v) is 3.58. The highest BCUT2D eigenvalue weighted by Gasteiger charge is 2.17. The molecule has 0 spiro atoms. The summed E-state index contributed by atoms with van der Waals surface area (Å²) in [5, 5.41) is 0. The van der Waals surface area contributed by atoms with Crippen LogP contribution in [-0.4, -0.2) is 28.9 Å². The van der Waals surface area contributed by atoms with E-state index in [1.54, 1.807) is 6.20 Å². The van der Waals surface area contributed by atoms with Gasteiger partial charge in [0.25, 0.3) is 5.91 Å². The third kappa shape index (κ3) is 5.81. The Kier molecular flexibility index (Phi) is 6.63. The second-order valence-corrected chi connectivity index (χ2v) is 6.80. The summed E-state index contributed by atoms with van der Waals surface area (Å²) < 4.78 is 0.920. The number of aromatic nitrogens is 1. The van der Waals surface area contributed by atoms with Gasteiger partial charge in [-0.2, -0.15) is 0 Å². The van der Waals surface area contributed by atoms with E-state index >= 15 is 0 Å². The molecule has 0 atom stereocenters. The van der Waals surface area contributed by atoms with Crippen LogP contribution in [0.25, 0.3) is 0 Å². The van der Waals surface area contributed by atoms with Crippen molar-refractivity contribution in [2.24, 2.45) is 11.8 Å². The fourth-order valence-corrected chi connectivity index (χ4v) is 2.15. The van der Waals surface area contributed by atoms with Crippen LogP contribution in [0.5, 0.6) is 0 Å². The Bertz CT molecular complexity index is 387. The number of halogens is 1. The van der Waals surface area contributed by atoms with E-state index in [-0.39, 0.29) is 5.91 Å². The van der Waals surface area contributed by atoms with Crippen LogP contribution in [0.1, 0.15) is 51.0 Å². The number of hydrogen-bond donors (Lipinski definition) is 1. The predicted octanol–water partition coefficient (Wildman–Crippen LogP) is 4.31. The normalized spacial score (nSPS) is 11.3. The molecule has 3 nitrogen and oxygen atoms in total. The Balaban J connectivity index is 2.68. The molecule has 0 aliphatic carbocycles. The van der Waals surface area contributed by atoms with Gasteiger partial charge in [-0.3, -0.25) is 4.79 Å². The summed E-state index contributed by atoms with van der Waals surface area (Å²) in [5.74, 6) is 1.33. The van der Waals surface area contributed by atoms with Crippen molar-refractivity contribution >= 4 is 21.8 Å². The lowest BCUT2D eigenvalue weighted by molar-refractivity contribution is 0.0735. The maximum Gasteiger partial charge on any atom is 0.270 e. The maximum atomic E-state index is 12.5. The molecule has 0 saturated heterocycles. The number of carbonyl (C=O) groups is 1. The van der Waals surface area contributed by atoms with Crippen LogP contribution in [0.2, 0.25) is 0 Å². The van der Waals surface area contributed by atoms with Crippen LogP contribution >= 0.6 is 15.9 Å². The van der Waals surface area contributed by atoms with Crippen molar-refractivity contribution in [3.63, 3.8) is 0 Å². The summed E-state index contributed by atoms with van der Waals surface area (Å²) in [6.45, 7) is 10.4. The molecule has 1 aromatic rings. The first kappa shape index (κ1) is 16.3. The third-order valence-electron chi connectivity index (χ3n) is 3.12. The van der Waals surface area contributed by atoms with E-state index in [1.807, 2.05) is 11.0 Å². The minimum atomic E-state index is 0.104. The van der Waals surface area contributed by atoms with Crippen molar-refractivity contribution in [1.82, 2.24) is 9.88 Å². The van der Waals surface area contributed by atoms with Gasteiger partial charge in [0.15, 0.2) is 0 Å². The van der Waals surface area contributed by atoms with Crippen LogP contribution < -0.4 is 0 Å². The number of rotatable bonds is 7. The fraction of sp³-hybridized carbons (Fsp3) is 0.667. The molecular weight excluding hydrogens is 304 g/mol. The van der Waals surface area contributed by atoms with E-state index in [4.69, 9.17) is 0 Å². The lowest BCUT2D eigenvalue weighted by atomic mass is 10.1. The van der Waals surface area contributed by atoms with Crippen LogP contribution in [0.3, 0.4) is 0 Å². The van der Waals surface area contributed by atoms with Gasteiger partial charge in [-0.05, 0) is 46.7 Å². The lowest BCUT2D eigenvalue weighted by Gasteiger charge is -2.24. The average molecular weight is 329 g/mol. The van der Waals surface area contributed by atoms with Gasteiger partial charge in [0.1, 0.15) is 5.69 Å². The number of amides is 1. The first-order valence-corrected chi connectivity index (χ1v) is 7.82. The quantitative estimate of drug-likeness (QED) is 0.795. The van der Waals surface area contributed by atoms with Crippen LogP contribution in [0.4, 0.5) is 0 Å². The molecule has 1 amide bonds. The van der Waals surface area contributed by atoms with Gasteiger partial charge in [-0.25, -0.2) is 0 Å². The molecular formula is C15H25BrN2O. The van der Waals surface area contributed by atoms with Gasteiger partial charge in [0.2, 0.25) is 0 Å². The topological polar surface area (TPSA) is 36.1 Å². The van der Waals surface area contributed by atoms with Gasteiger partial charge in [0.05, 0.1) is 0 Å². The molecule has 0 aliphatic heterocycles. The van der Waals surface area contributed by atoms with Crippen LogP contribution in [-0.2, 0) is 0 Å². The molecule has 0 saturated carbocycles. The van der Waals surface area contributed by atoms with Gasteiger partial charge in [0, 0.05) is 23.8 Å². The summed E-state index contributed by atoms with van der Waals surface area (Å²) in [4.78, 5) is 17.5.